The number of amides is 1. The van der Waals surface area contributed by atoms with E-state index in [4.69, 9.17) is 16.6 Å². The van der Waals surface area contributed by atoms with Crippen LogP contribution in [-0.4, -0.2) is 30.4 Å². The average Bonchev–Trinajstić information content (AvgIpc) is 3.54. The molecule has 1 aliphatic rings. The summed E-state index contributed by atoms with van der Waals surface area (Å²) in [7, 11) is -3.91. The summed E-state index contributed by atoms with van der Waals surface area (Å²) in [5, 5.41) is 0.544. The van der Waals surface area contributed by atoms with Crippen LogP contribution in [0, 0.1) is 0 Å². The van der Waals surface area contributed by atoms with E-state index >= 15 is 0 Å². The number of rotatable bonds is 7. The van der Waals surface area contributed by atoms with Gasteiger partial charge in [0.05, 0.1) is 22.0 Å². The molecule has 1 fully saturated rings. The molecule has 0 spiro atoms. The highest BCUT2D eigenvalue weighted by Crippen LogP contribution is 2.33. The summed E-state index contributed by atoms with van der Waals surface area (Å²) in [6, 6.07) is 26.6. The van der Waals surface area contributed by atoms with Crippen LogP contribution in [0.1, 0.15) is 22.5 Å². The topological polar surface area (TPSA) is 84.3 Å². The maximum Gasteiger partial charge on any atom is 0.416 e. The molecule has 0 atom stereocenters. The molecular formula is C33H24ClF3N4O3S. The second kappa shape index (κ2) is 11.9. The van der Waals surface area contributed by atoms with Crippen molar-refractivity contribution in [1.29, 1.82) is 0 Å². The first-order valence-corrected chi connectivity index (χ1v) is 15.5. The molecule has 4 aromatic carbocycles. The van der Waals surface area contributed by atoms with Gasteiger partial charge in [0, 0.05) is 18.3 Å². The molecule has 5 aromatic rings. The third-order valence-electron chi connectivity index (χ3n) is 7.21. The lowest BCUT2D eigenvalue weighted by Gasteiger charge is -2.15. The largest absolute Gasteiger partial charge is 0.416 e. The number of nitrogens with zero attached hydrogens (tertiary/aromatic N) is 3. The van der Waals surface area contributed by atoms with Gasteiger partial charge in [-0.1, -0.05) is 84.4 Å². The summed E-state index contributed by atoms with van der Waals surface area (Å²) >= 11 is 6.45. The summed E-state index contributed by atoms with van der Waals surface area (Å²) in [6.45, 7) is 0.121. The Labute approximate surface area is 262 Å². The molecule has 6 rings (SSSR count). The van der Waals surface area contributed by atoms with Crippen LogP contribution >= 0.6 is 11.6 Å². The van der Waals surface area contributed by atoms with Crippen LogP contribution in [0.5, 0.6) is 0 Å². The molecule has 1 aromatic heterocycles. The van der Waals surface area contributed by atoms with E-state index in [1.807, 2.05) is 58.0 Å². The highest BCUT2D eigenvalue weighted by Gasteiger charge is 2.34. The van der Waals surface area contributed by atoms with Gasteiger partial charge < -0.3 is 4.57 Å². The molecule has 1 aliphatic heterocycles. The van der Waals surface area contributed by atoms with E-state index < -0.39 is 27.9 Å². The van der Waals surface area contributed by atoms with E-state index in [9.17, 15) is 26.4 Å². The Balaban J connectivity index is 1.27. The second-order valence-corrected chi connectivity index (χ2v) is 12.3. The van der Waals surface area contributed by atoms with E-state index in [2.05, 4.69) is 0 Å². The van der Waals surface area contributed by atoms with Crippen molar-refractivity contribution in [2.45, 2.75) is 12.7 Å². The van der Waals surface area contributed by atoms with Gasteiger partial charge in [-0.05, 0) is 58.7 Å². The lowest BCUT2D eigenvalue weighted by molar-refractivity contribution is -0.137. The van der Waals surface area contributed by atoms with Gasteiger partial charge in [0.15, 0.2) is 0 Å². The van der Waals surface area contributed by atoms with Gasteiger partial charge in [-0.25, -0.2) is 14.0 Å². The number of hydrogen-bond donors (Lipinski definition) is 1. The fourth-order valence-electron chi connectivity index (χ4n) is 4.96. The number of hydrogen-bond acceptors (Lipinski definition) is 4. The Kier molecular flexibility index (Phi) is 7.98. The Hall–Kier alpha value is -4.87. The van der Waals surface area contributed by atoms with Gasteiger partial charge in [-0.15, -0.1) is 0 Å². The van der Waals surface area contributed by atoms with Gasteiger partial charge >= 0.3 is 16.4 Å². The van der Waals surface area contributed by atoms with Crippen molar-refractivity contribution in [1.82, 2.24) is 14.3 Å². The van der Waals surface area contributed by atoms with E-state index in [1.165, 1.54) is 6.07 Å². The summed E-state index contributed by atoms with van der Waals surface area (Å²) in [4.78, 5) is 16.4. The third kappa shape index (κ3) is 6.64. The Morgan fingerprint density at radius 3 is 2.29 bits per heavy atom. The molecule has 1 N–H and O–H groups in total. The molecular weight excluding hydrogens is 625 g/mol. The summed E-state index contributed by atoms with van der Waals surface area (Å²) in [5.74, 6) is 0.0270. The molecule has 12 heteroatoms. The van der Waals surface area contributed by atoms with Crippen molar-refractivity contribution < 1.29 is 26.4 Å². The van der Waals surface area contributed by atoms with Gasteiger partial charge in [0.25, 0.3) is 5.91 Å². The highest BCUT2D eigenvalue weighted by atomic mass is 35.5. The normalized spacial score (nSPS) is 14.7. The van der Waals surface area contributed by atoms with Gasteiger partial charge in [0.2, 0.25) is 0 Å². The fourth-order valence-corrected chi connectivity index (χ4v) is 6.34. The molecule has 2 heterocycles. The molecule has 1 amide bonds. The van der Waals surface area contributed by atoms with Crippen LogP contribution in [0.3, 0.4) is 0 Å². The zero-order valence-corrected chi connectivity index (χ0v) is 24.9. The molecule has 0 unspecified atom stereocenters. The van der Waals surface area contributed by atoms with Gasteiger partial charge in [0.1, 0.15) is 12.4 Å². The molecule has 45 heavy (non-hydrogen) atoms. The SMILES string of the molecule is O=C1CN(c2ccc(Cn3cc(-c4ccccc4Cl)nc3C=Cc3ccc(-c4cccc(C(F)(F)F)c4)cc3)cc2)S(=O)(=O)N1. The Bertz CT molecular complexity index is 2020. The average molecular weight is 649 g/mol. The monoisotopic (exact) mass is 648 g/mol. The maximum absolute atomic E-state index is 13.2. The number of carbonyl (C=O) groups is 1. The van der Waals surface area contributed by atoms with Crippen LogP contribution in [0.2, 0.25) is 5.02 Å². The second-order valence-electron chi connectivity index (χ2n) is 10.3. The standard InChI is InChI=1S/C33H24ClF3N4O3S/c34-29-7-2-1-6-28(29)30-20-40(19-23-10-15-27(16-11-23)41-21-32(42)39-45(41,43)44)31(38-30)17-12-22-8-13-24(14-9-22)25-4-3-5-26(18-25)33(35,36)37/h1-18,20H,19,21H2,(H,39,42). The summed E-state index contributed by atoms with van der Waals surface area (Å²) in [5.41, 5.74) is 3.88. The third-order valence-corrected chi connectivity index (χ3v) is 8.95. The van der Waals surface area contributed by atoms with Crippen LogP contribution in [0.15, 0.2) is 103 Å². The predicted molar refractivity (Wildman–Crippen MR) is 168 cm³/mol. The Morgan fingerprint density at radius 1 is 0.889 bits per heavy atom. The molecule has 0 radical (unpaired) electrons. The number of alkyl halides is 3. The number of aromatic nitrogens is 2. The van der Waals surface area contributed by atoms with Crippen LogP contribution in [0.25, 0.3) is 34.5 Å². The first-order valence-electron chi connectivity index (χ1n) is 13.7. The van der Waals surface area contributed by atoms with Crippen molar-refractivity contribution in [2.75, 3.05) is 10.8 Å². The van der Waals surface area contributed by atoms with Crippen molar-refractivity contribution in [3.05, 3.63) is 131 Å². The van der Waals surface area contributed by atoms with Crippen LogP contribution in [0.4, 0.5) is 18.9 Å². The minimum atomic E-state index is -4.42. The zero-order chi connectivity index (χ0) is 31.8. The lowest BCUT2D eigenvalue weighted by atomic mass is 10.0. The fraction of sp³-hybridized carbons (Fsp3) is 0.0909. The van der Waals surface area contributed by atoms with Crippen LogP contribution < -0.4 is 9.03 Å². The lowest BCUT2D eigenvalue weighted by Crippen LogP contribution is -2.29. The minimum absolute atomic E-state index is 0.278. The number of imidazole rings is 1. The molecule has 7 nitrogen and oxygen atoms in total. The van der Waals surface area contributed by atoms with E-state index in [0.29, 0.717) is 39.9 Å². The van der Waals surface area contributed by atoms with E-state index in [0.717, 1.165) is 33.1 Å². The number of anilines is 1. The molecule has 1 saturated heterocycles. The van der Waals surface area contributed by atoms with Crippen molar-refractivity contribution in [3.63, 3.8) is 0 Å². The van der Waals surface area contributed by atoms with E-state index in [-0.39, 0.29) is 6.54 Å². The van der Waals surface area contributed by atoms with Gasteiger partial charge in [-0.2, -0.15) is 21.6 Å². The Morgan fingerprint density at radius 2 is 1.62 bits per heavy atom. The summed E-state index contributed by atoms with van der Waals surface area (Å²) < 4.78 is 68.8. The highest BCUT2D eigenvalue weighted by molar-refractivity contribution is 7.92. The zero-order valence-electron chi connectivity index (χ0n) is 23.4. The minimum Gasteiger partial charge on any atom is -0.326 e. The number of benzene rings is 4. The predicted octanol–water partition coefficient (Wildman–Crippen LogP) is 7.29. The molecule has 228 valence electrons. The molecule has 0 bridgehead atoms. The van der Waals surface area contributed by atoms with Crippen molar-refractivity contribution >= 4 is 45.6 Å². The number of nitrogens with one attached hydrogen (secondary N) is 1. The first kappa shape index (κ1) is 30.2. The first-order chi connectivity index (χ1) is 21.5. The number of carbonyl (C=O) groups excluding carboxylic acids is 1. The molecule has 0 saturated carbocycles. The number of halogens is 4. The van der Waals surface area contributed by atoms with E-state index in [1.54, 1.807) is 48.5 Å². The summed E-state index contributed by atoms with van der Waals surface area (Å²) in [6.07, 6.45) is 1.15. The van der Waals surface area contributed by atoms with Crippen molar-refractivity contribution in [3.8, 4) is 22.4 Å². The van der Waals surface area contributed by atoms with Crippen LogP contribution in [-0.2, 0) is 27.7 Å². The quantitative estimate of drug-likeness (QED) is 0.201. The maximum atomic E-state index is 13.2. The van der Waals surface area contributed by atoms with Gasteiger partial charge in [-0.3, -0.25) is 4.79 Å². The smallest absolute Gasteiger partial charge is 0.326 e. The van der Waals surface area contributed by atoms with Crippen molar-refractivity contribution in [2.24, 2.45) is 0 Å². The molecule has 0 aliphatic carbocycles.